The van der Waals surface area contributed by atoms with Gasteiger partial charge in [0.25, 0.3) is 5.91 Å². The van der Waals surface area contributed by atoms with Crippen LogP contribution in [-0.2, 0) is 23.0 Å². The Hall–Kier alpha value is -4.46. The largest absolute Gasteiger partial charge is 0.464 e. The van der Waals surface area contributed by atoms with Crippen LogP contribution in [0.5, 0.6) is 0 Å². The summed E-state index contributed by atoms with van der Waals surface area (Å²) in [5.74, 6) is -0.0331. The molecule has 0 aliphatic carbocycles. The van der Waals surface area contributed by atoms with Crippen molar-refractivity contribution >= 4 is 28.7 Å². The Balaban J connectivity index is 1.57. The number of aromatic nitrogens is 2. The fourth-order valence-corrected chi connectivity index (χ4v) is 3.90. The molecule has 178 valence electrons. The molecule has 1 amide bonds. The average Bonchev–Trinajstić information content (AvgIpc) is 3.17. The lowest BCUT2D eigenvalue weighted by Crippen LogP contribution is -2.35. The number of amides is 1. The molecule has 0 radical (unpaired) electrons. The molecule has 8 heteroatoms. The van der Waals surface area contributed by atoms with E-state index in [0.717, 1.165) is 16.9 Å². The predicted molar refractivity (Wildman–Crippen MR) is 134 cm³/mol. The first kappa shape index (κ1) is 23.7. The summed E-state index contributed by atoms with van der Waals surface area (Å²) >= 11 is 0. The number of hydrogen-bond acceptors (Lipinski definition) is 5. The van der Waals surface area contributed by atoms with Crippen LogP contribution >= 0.6 is 0 Å². The maximum Gasteiger partial charge on any atom is 0.333 e. The van der Waals surface area contributed by atoms with Crippen LogP contribution in [0.4, 0.5) is 0 Å². The Morgan fingerprint density at radius 1 is 1.06 bits per heavy atom. The number of hydrogen-bond donors (Lipinski definition) is 3. The van der Waals surface area contributed by atoms with E-state index in [1.165, 1.54) is 0 Å². The van der Waals surface area contributed by atoms with Crippen LogP contribution in [-0.4, -0.2) is 33.9 Å². The Kier molecular flexibility index (Phi) is 6.91. The van der Waals surface area contributed by atoms with Crippen LogP contribution in [0, 0.1) is 5.41 Å². The van der Waals surface area contributed by atoms with Crippen molar-refractivity contribution in [3.63, 3.8) is 0 Å². The first-order chi connectivity index (χ1) is 16.9. The number of aryl methyl sites for hydroxylation is 1. The summed E-state index contributed by atoms with van der Waals surface area (Å²) in [4.78, 5) is 30.3. The molecule has 0 aliphatic heterocycles. The number of carbonyl (C=O) groups is 2. The van der Waals surface area contributed by atoms with Gasteiger partial charge in [0.1, 0.15) is 11.7 Å². The molecule has 8 nitrogen and oxygen atoms in total. The maximum atomic E-state index is 13.1. The van der Waals surface area contributed by atoms with Crippen molar-refractivity contribution in [2.24, 2.45) is 12.8 Å². The smallest absolute Gasteiger partial charge is 0.333 e. The number of nitrogens with two attached hydrogens (primary N) is 1. The Morgan fingerprint density at radius 2 is 1.74 bits per heavy atom. The molecule has 0 saturated heterocycles. The number of nitrogens with zero attached hydrogens (tertiary/aromatic N) is 2. The highest BCUT2D eigenvalue weighted by Crippen LogP contribution is 2.21. The van der Waals surface area contributed by atoms with Gasteiger partial charge in [-0.25, -0.2) is 9.78 Å². The van der Waals surface area contributed by atoms with Crippen molar-refractivity contribution < 1.29 is 14.3 Å². The van der Waals surface area contributed by atoms with E-state index in [2.05, 4.69) is 5.32 Å². The van der Waals surface area contributed by atoms with Gasteiger partial charge >= 0.3 is 5.97 Å². The van der Waals surface area contributed by atoms with Gasteiger partial charge in [-0.15, -0.1) is 0 Å². The quantitative estimate of drug-likeness (QED) is 0.207. The SMILES string of the molecule is CCOC(=O)C(NC(=O)c1ccc2c(c1)nc(Cc1ccc(C(=N)N)cc1)n2C)c1ccccc1. The summed E-state index contributed by atoms with van der Waals surface area (Å²) in [6, 6.07) is 20.9. The number of carbonyl (C=O) groups excluding carboxylic acids is 2. The van der Waals surface area contributed by atoms with Crippen molar-refractivity contribution in [2.45, 2.75) is 19.4 Å². The summed E-state index contributed by atoms with van der Waals surface area (Å²) in [7, 11) is 1.93. The van der Waals surface area contributed by atoms with Crippen molar-refractivity contribution in [2.75, 3.05) is 6.61 Å². The van der Waals surface area contributed by atoms with Gasteiger partial charge in [-0.1, -0.05) is 54.6 Å². The van der Waals surface area contributed by atoms with Crippen LogP contribution in [0.2, 0.25) is 0 Å². The molecular formula is C27H27N5O3. The summed E-state index contributed by atoms with van der Waals surface area (Å²) in [5, 5.41) is 10.3. The van der Waals surface area contributed by atoms with Crippen LogP contribution < -0.4 is 11.1 Å². The van der Waals surface area contributed by atoms with Gasteiger partial charge in [0, 0.05) is 24.6 Å². The topological polar surface area (TPSA) is 123 Å². The lowest BCUT2D eigenvalue weighted by Gasteiger charge is -2.17. The zero-order valence-electron chi connectivity index (χ0n) is 19.6. The zero-order valence-corrected chi connectivity index (χ0v) is 19.6. The molecule has 1 heterocycles. The first-order valence-electron chi connectivity index (χ1n) is 11.3. The van der Waals surface area contributed by atoms with E-state index in [1.807, 2.05) is 60.1 Å². The van der Waals surface area contributed by atoms with Crippen molar-refractivity contribution in [1.82, 2.24) is 14.9 Å². The standard InChI is InChI=1S/C27H27N5O3/c1-3-35-27(34)24(18-7-5-4-6-8-18)31-26(33)20-13-14-22-21(16-20)30-23(32(22)2)15-17-9-11-19(12-10-17)25(28)29/h4-14,16,24H,3,15H2,1-2H3,(H3,28,29)(H,31,33). The van der Waals surface area contributed by atoms with Gasteiger partial charge in [0.2, 0.25) is 0 Å². The third kappa shape index (κ3) is 5.22. The summed E-state index contributed by atoms with van der Waals surface area (Å²) in [5.41, 5.74) is 9.86. The fourth-order valence-electron chi connectivity index (χ4n) is 3.90. The lowest BCUT2D eigenvalue weighted by atomic mass is 10.1. The maximum absolute atomic E-state index is 13.1. The van der Waals surface area contributed by atoms with Gasteiger partial charge in [-0.05, 0) is 36.2 Å². The molecule has 4 rings (SSSR count). The van der Waals surface area contributed by atoms with E-state index in [4.69, 9.17) is 20.9 Å². The monoisotopic (exact) mass is 469 g/mol. The van der Waals surface area contributed by atoms with Crippen molar-refractivity contribution in [1.29, 1.82) is 5.41 Å². The third-order valence-electron chi connectivity index (χ3n) is 5.79. The number of fused-ring (bicyclic) bond motifs is 1. The molecule has 1 atom stereocenters. The Bertz CT molecular complexity index is 1380. The Labute approximate surface area is 203 Å². The van der Waals surface area contributed by atoms with E-state index >= 15 is 0 Å². The molecule has 35 heavy (non-hydrogen) atoms. The summed E-state index contributed by atoms with van der Waals surface area (Å²) in [6.45, 7) is 1.95. The Morgan fingerprint density at radius 3 is 2.40 bits per heavy atom. The molecule has 3 aromatic carbocycles. The van der Waals surface area contributed by atoms with Gasteiger partial charge < -0.3 is 20.4 Å². The molecule has 0 fully saturated rings. The van der Waals surface area contributed by atoms with Crippen molar-refractivity contribution in [3.05, 3.63) is 101 Å². The van der Waals surface area contributed by atoms with E-state index < -0.39 is 12.0 Å². The normalized spacial score (nSPS) is 11.7. The molecule has 0 spiro atoms. The van der Waals surface area contributed by atoms with E-state index in [-0.39, 0.29) is 18.3 Å². The second kappa shape index (κ2) is 10.2. The fraction of sp³-hybridized carbons (Fsp3) is 0.185. The van der Waals surface area contributed by atoms with Crippen LogP contribution in [0.3, 0.4) is 0 Å². The van der Waals surface area contributed by atoms with E-state index in [9.17, 15) is 9.59 Å². The molecule has 4 N–H and O–H groups in total. The van der Waals surface area contributed by atoms with Gasteiger partial charge in [0.15, 0.2) is 6.04 Å². The van der Waals surface area contributed by atoms with Crippen LogP contribution in [0.1, 0.15) is 45.8 Å². The lowest BCUT2D eigenvalue weighted by molar-refractivity contribution is -0.145. The van der Waals surface area contributed by atoms with Gasteiger partial charge in [-0.3, -0.25) is 10.2 Å². The highest BCUT2D eigenvalue weighted by Gasteiger charge is 2.25. The molecule has 0 saturated carbocycles. The second-order valence-electron chi connectivity index (χ2n) is 8.15. The molecule has 4 aromatic rings. The minimum Gasteiger partial charge on any atom is -0.464 e. The average molecular weight is 470 g/mol. The summed E-state index contributed by atoms with van der Waals surface area (Å²) < 4.78 is 7.16. The van der Waals surface area contributed by atoms with Crippen LogP contribution in [0.25, 0.3) is 11.0 Å². The number of ether oxygens (including phenoxy) is 1. The van der Waals surface area contributed by atoms with E-state index in [1.54, 1.807) is 31.2 Å². The number of imidazole rings is 1. The molecule has 0 aliphatic rings. The highest BCUT2D eigenvalue weighted by molar-refractivity contribution is 5.99. The minimum absolute atomic E-state index is 0.0301. The van der Waals surface area contributed by atoms with Gasteiger partial charge in [-0.2, -0.15) is 0 Å². The minimum atomic E-state index is -0.906. The summed E-state index contributed by atoms with van der Waals surface area (Å²) in [6.07, 6.45) is 0.587. The third-order valence-corrected chi connectivity index (χ3v) is 5.79. The van der Waals surface area contributed by atoms with Gasteiger partial charge in [0.05, 0.1) is 17.6 Å². The number of amidine groups is 1. The first-order valence-corrected chi connectivity index (χ1v) is 11.3. The molecule has 0 bridgehead atoms. The zero-order chi connectivity index (χ0) is 24.9. The highest BCUT2D eigenvalue weighted by atomic mass is 16.5. The molecular weight excluding hydrogens is 442 g/mol. The van der Waals surface area contributed by atoms with E-state index in [0.29, 0.717) is 28.6 Å². The number of rotatable bonds is 8. The number of esters is 1. The molecule has 1 unspecified atom stereocenters. The number of benzene rings is 3. The number of nitrogens with one attached hydrogen (secondary N) is 2. The number of nitrogen functional groups attached to an aromatic ring is 1. The predicted octanol–water partition coefficient (Wildman–Crippen LogP) is 3.48. The second-order valence-corrected chi connectivity index (χ2v) is 8.15. The molecule has 1 aromatic heterocycles. The van der Waals surface area contributed by atoms with Crippen molar-refractivity contribution in [3.8, 4) is 0 Å². The van der Waals surface area contributed by atoms with Crippen LogP contribution in [0.15, 0.2) is 72.8 Å².